The minimum Gasteiger partial charge on any atom is -0.462 e. The molecule has 0 radical (unpaired) electrons. The van der Waals surface area contributed by atoms with Crippen molar-refractivity contribution in [2.24, 2.45) is 5.73 Å². The first-order chi connectivity index (χ1) is 14.8. The molecule has 2 aromatic heterocycles. The van der Waals surface area contributed by atoms with Crippen LogP contribution in [0.4, 0.5) is 5.00 Å². The molecular weight excluding hydrogens is 462 g/mol. The van der Waals surface area contributed by atoms with E-state index in [2.05, 4.69) is 15.5 Å². The molecule has 3 N–H and O–H groups in total. The van der Waals surface area contributed by atoms with Gasteiger partial charge in [0.1, 0.15) is 11.3 Å². The van der Waals surface area contributed by atoms with Crippen LogP contribution in [0.25, 0.3) is 5.69 Å². The Bertz CT molecular complexity index is 1140. The first kappa shape index (κ1) is 22.8. The first-order valence-corrected chi connectivity index (χ1v) is 11.2. The number of esters is 1. The molecule has 2 amide bonds. The van der Waals surface area contributed by atoms with Gasteiger partial charge in [0, 0.05) is 5.02 Å². The van der Waals surface area contributed by atoms with E-state index in [1.165, 1.54) is 6.33 Å². The Morgan fingerprint density at radius 3 is 2.81 bits per heavy atom. The van der Waals surface area contributed by atoms with Gasteiger partial charge >= 0.3 is 5.97 Å². The second-order valence-corrected chi connectivity index (χ2v) is 8.54. The van der Waals surface area contributed by atoms with Crippen LogP contribution in [0, 0.1) is 6.92 Å². The Kier molecular flexibility index (Phi) is 7.31. The fourth-order valence-electron chi connectivity index (χ4n) is 2.70. The summed E-state index contributed by atoms with van der Waals surface area (Å²) < 4.78 is 6.75. The summed E-state index contributed by atoms with van der Waals surface area (Å²) in [5, 5.41) is 11.9. The summed E-state index contributed by atoms with van der Waals surface area (Å²) in [6.45, 7) is 3.41. The second kappa shape index (κ2) is 9.94. The summed E-state index contributed by atoms with van der Waals surface area (Å²) in [7, 11) is 0. The number of rotatable bonds is 8. The molecule has 162 valence electrons. The maximum atomic E-state index is 12.6. The number of ether oxygens (including phenoxy) is 1. The molecule has 0 aliphatic carbocycles. The zero-order valence-corrected chi connectivity index (χ0v) is 18.9. The van der Waals surface area contributed by atoms with Gasteiger partial charge in [0.2, 0.25) is 5.91 Å². The number of nitrogens with one attached hydrogen (secondary N) is 1. The van der Waals surface area contributed by atoms with Gasteiger partial charge in [-0.25, -0.2) is 4.79 Å². The number of nitrogens with two attached hydrogens (primary N) is 1. The third kappa shape index (κ3) is 5.24. The van der Waals surface area contributed by atoms with Gasteiger partial charge in [0.25, 0.3) is 5.91 Å². The quantitative estimate of drug-likeness (QED) is 0.374. The van der Waals surface area contributed by atoms with E-state index in [1.807, 2.05) is 6.07 Å². The predicted molar refractivity (Wildman–Crippen MR) is 119 cm³/mol. The van der Waals surface area contributed by atoms with E-state index in [0.717, 1.165) is 28.8 Å². The van der Waals surface area contributed by atoms with Crippen molar-refractivity contribution in [2.45, 2.75) is 19.0 Å². The Hall–Kier alpha value is -2.89. The fourth-order valence-corrected chi connectivity index (χ4v) is 4.68. The standard InChI is InChI=1S/C19H18ClN5O4S2/c1-3-29-18(28)14-10(2)15(16(21)27)31-17(14)23-13(26)8-30-19-24-22-9-25(19)12-6-4-5-11(20)7-12/h4-7,9H,3,8H2,1-2H3,(H2,21,27)(H,23,26). The maximum Gasteiger partial charge on any atom is 0.341 e. The number of primary amides is 1. The van der Waals surface area contributed by atoms with Crippen LogP contribution in [0.1, 0.15) is 32.5 Å². The lowest BCUT2D eigenvalue weighted by Gasteiger charge is -2.08. The number of benzene rings is 1. The number of thioether (sulfide) groups is 1. The lowest BCUT2D eigenvalue weighted by Crippen LogP contribution is -2.17. The van der Waals surface area contributed by atoms with Crippen LogP contribution in [-0.4, -0.2) is 44.9 Å². The van der Waals surface area contributed by atoms with Crippen LogP contribution in [-0.2, 0) is 9.53 Å². The van der Waals surface area contributed by atoms with E-state index in [1.54, 1.807) is 36.6 Å². The first-order valence-electron chi connectivity index (χ1n) is 9.00. The van der Waals surface area contributed by atoms with Crippen molar-refractivity contribution < 1.29 is 19.1 Å². The van der Waals surface area contributed by atoms with Gasteiger partial charge in [0.05, 0.1) is 28.5 Å². The van der Waals surface area contributed by atoms with E-state index in [0.29, 0.717) is 15.7 Å². The minimum absolute atomic E-state index is 0.00955. The molecule has 0 unspecified atom stereocenters. The third-order valence-electron chi connectivity index (χ3n) is 4.04. The topological polar surface area (TPSA) is 129 Å². The van der Waals surface area contributed by atoms with Crippen molar-refractivity contribution in [3.63, 3.8) is 0 Å². The molecule has 0 spiro atoms. The van der Waals surface area contributed by atoms with Crippen molar-refractivity contribution in [3.05, 3.63) is 51.6 Å². The number of aromatic nitrogens is 3. The van der Waals surface area contributed by atoms with Crippen molar-refractivity contribution in [3.8, 4) is 5.69 Å². The molecule has 12 heteroatoms. The predicted octanol–water partition coefficient (Wildman–Crippen LogP) is 3.30. The molecule has 3 aromatic rings. The number of anilines is 1. The molecule has 0 aliphatic rings. The molecule has 0 saturated carbocycles. The van der Waals surface area contributed by atoms with Crippen molar-refractivity contribution >= 4 is 57.5 Å². The SMILES string of the molecule is CCOC(=O)c1c(NC(=O)CSc2nncn2-c2cccc(Cl)c2)sc(C(N)=O)c1C. The average molecular weight is 480 g/mol. The molecule has 0 aliphatic heterocycles. The summed E-state index contributed by atoms with van der Waals surface area (Å²) in [6, 6.07) is 7.14. The molecule has 0 saturated heterocycles. The largest absolute Gasteiger partial charge is 0.462 e. The van der Waals surface area contributed by atoms with Crippen LogP contribution >= 0.6 is 34.7 Å². The molecule has 31 heavy (non-hydrogen) atoms. The summed E-state index contributed by atoms with van der Waals surface area (Å²) in [5.74, 6) is -1.72. The highest BCUT2D eigenvalue weighted by molar-refractivity contribution is 7.99. The highest BCUT2D eigenvalue weighted by Gasteiger charge is 2.25. The Morgan fingerprint density at radius 2 is 2.13 bits per heavy atom. The Labute approximate surface area is 190 Å². The number of halogens is 1. The molecule has 0 atom stereocenters. The highest BCUT2D eigenvalue weighted by atomic mass is 35.5. The average Bonchev–Trinajstić information content (AvgIpc) is 3.31. The zero-order valence-electron chi connectivity index (χ0n) is 16.5. The molecule has 0 bridgehead atoms. The molecule has 9 nitrogen and oxygen atoms in total. The molecule has 2 heterocycles. The van der Waals surface area contributed by atoms with E-state index in [4.69, 9.17) is 22.1 Å². The monoisotopic (exact) mass is 479 g/mol. The summed E-state index contributed by atoms with van der Waals surface area (Å²) in [4.78, 5) is 36.7. The molecule has 1 aromatic carbocycles. The van der Waals surface area contributed by atoms with Gasteiger partial charge in [-0.05, 0) is 37.6 Å². The van der Waals surface area contributed by atoms with E-state index in [9.17, 15) is 14.4 Å². The van der Waals surface area contributed by atoms with Gasteiger partial charge in [-0.3, -0.25) is 14.2 Å². The van der Waals surface area contributed by atoms with Crippen molar-refractivity contribution in [2.75, 3.05) is 17.7 Å². The van der Waals surface area contributed by atoms with Crippen LogP contribution in [0.15, 0.2) is 35.7 Å². The lowest BCUT2D eigenvalue weighted by atomic mass is 10.1. The lowest BCUT2D eigenvalue weighted by molar-refractivity contribution is -0.113. The third-order valence-corrected chi connectivity index (χ3v) is 6.44. The van der Waals surface area contributed by atoms with Crippen molar-refractivity contribution in [1.29, 1.82) is 0 Å². The van der Waals surface area contributed by atoms with Gasteiger partial charge in [-0.15, -0.1) is 21.5 Å². The van der Waals surface area contributed by atoms with Crippen LogP contribution in [0.2, 0.25) is 5.02 Å². The highest BCUT2D eigenvalue weighted by Crippen LogP contribution is 2.34. The smallest absolute Gasteiger partial charge is 0.341 e. The summed E-state index contributed by atoms with van der Waals surface area (Å²) in [5.41, 5.74) is 6.64. The number of hydrogen-bond acceptors (Lipinski definition) is 8. The normalized spacial score (nSPS) is 10.7. The number of thiophene rings is 1. The number of carbonyl (C=O) groups excluding carboxylic acids is 3. The summed E-state index contributed by atoms with van der Waals surface area (Å²) >= 11 is 8.13. The maximum absolute atomic E-state index is 12.6. The van der Waals surface area contributed by atoms with Gasteiger partial charge < -0.3 is 15.8 Å². The van der Waals surface area contributed by atoms with E-state index in [-0.39, 0.29) is 27.8 Å². The number of amides is 2. The number of hydrogen-bond donors (Lipinski definition) is 2. The van der Waals surface area contributed by atoms with E-state index < -0.39 is 17.8 Å². The van der Waals surface area contributed by atoms with Crippen LogP contribution in [0.5, 0.6) is 0 Å². The zero-order chi connectivity index (χ0) is 22.5. The van der Waals surface area contributed by atoms with Crippen LogP contribution in [0.3, 0.4) is 0 Å². The number of carbonyl (C=O) groups is 3. The van der Waals surface area contributed by atoms with Gasteiger partial charge in [0.15, 0.2) is 5.16 Å². The van der Waals surface area contributed by atoms with E-state index >= 15 is 0 Å². The molecular formula is C19H18ClN5O4S2. The van der Waals surface area contributed by atoms with Gasteiger partial charge in [-0.1, -0.05) is 29.4 Å². The Morgan fingerprint density at radius 1 is 1.35 bits per heavy atom. The minimum atomic E-state index is -0.683. The molecule has 3 rings (SSSR count). The number of nitrogens with zero attached hydrogens (tertiary/aromatic N) is 3. The summed E-state index contributed by atoms with van der Waals surface area (Å²) in [6.07, 6.45) is 1.52. The second-order valence-electron chi connectivity index (χ2n) is 6.15. The van der Waals surface area contributed by atoms with Crippen LogP contribution < -0.4 is 11.1 Å². The Balaban J connectivity index is 1.75. The molecule has 0 fully saturated rings. The van der Waals surface area contributed by atoms with Crippen molar-refractivity contribution in [1.82, 2.24) is 14.8 Å². The van der Waals surface area contributed by atoms with Gasteiger partial charge in [-0.2, -0.15) is 0 Å². The fraction of sp³-hybridized carbons (Fsp3) is 0.211.